The van der Waals surface area contributed by atoms with Gasteiger partial charge in [-0.3, -0.25) is 0 Å². The van der Waals surface area contributed by atoms with E-state index >= 15 is 0 Å². The van der Waals surface area contributed by atoms with E-state index in [4.69, 9.17) is 14.2 Å². The molecule has 0 amide bonds. The normalized spacial score (nSPS) is 21.9. The van der Waals surface area contributed by atoms with Gasteiger partial charge in [-0.25, -0.2) is 0 Å². The highest BCUT2D eigenvalue weighted by atomic mass is 16.5. The standard InChI is InChI=1S/C23H29NO3/c1-2-5-19(6-3-1)18-26-22-8-4-7-20(15-22)17-24-21-9-12-27-23(16-21)10-13-25-14-11-23/h1-8,15,21,24H,9-14,16-18H2/t21-/m1/s1. The summed E-state index contributed by atoms with van der Waals surface area (Å²) < 4.78 is 17.6. The zero-order valence-electron chi connectivity index (χ0n) is 15.9. The Hall–Kier alpha value is -1.88. The van der Waals surface area contributed by atoms with Crippen LogP contribution in [0.3, 0.4) is 0 Å². The van der Waals surface area contributed by atoms with Crippen molar-refractivity contribution in [3.63, 3.8) is 0 Å². The topological polar surface area (TPSA) is 39.7 Å². The molecule has 0 radical (unpaired) electrons. The molecule has 1 N–H and O–H groups in total. The fraction of sp³-hybridized carbons (Fsp3) is 0.478. The largest absolute Gasteiger partial charge is 0.489 e. The van der Waals surface area contributed by atoms with Gasteiger partial charge in [0.05, 0.1) is 5.60 Å². The smallest absolute Gasteiger partial charge is 0.120 e. The van der Waals surface area contributed by atoms with Gasteiger partial charge in [0.1, 0.15) is 12.4 Å². The van der Waals surface area contributed by atoms with E-state index in [1.807, 2.05) is 24.3 Å². The number of ether oxygens (including phenoxy) is 3. The van der Waals surface area contributed by atoms with Gasteiger partial charge in [0.15, 0.2) is 0 Å². The Balaban J connectivity index is 1.29. The van der Waals surface area contributed by atoms with Crippen molar-refractivity contribution >= 4 is 0 Å². The van der Waals surface area contributed by atoms with Gasteiger partial charge >= 0.3 is 0 Å². The molecule has 0 saturated carbocycles. The second kappa shape index (κ2) is 8.87. The summed E-state index contributed by atoms with van der Waals surface area (Å²) in [7, 11) is 0. The van der Waals surface area contributed by atoms with Crippen LogP contribution in [0.2, 0.25) is 0 Å². The van der Waals surface area contributed by atoms with Crippen LogP contribution in [-0.2, 0) is 22.6 Å². The first-order chi connectivity index (χ1) is 13.3. The lowest BCUT2D eigenvalue weighted by Crippen LogP contribution is -2.49. The highest BCUT2D eigenvalue weighted by Gasteiger charge is 2.38. The first-order valence-corrected chi connectivity index (χ1v) is 10.0. The van der Waals surface area contributed by atoms with Crippen molar-refractivity contribution < 1.29 is 14.2 Å². The minimum Gasteiger partial charge on any atom is -0.489 e. The molecule has 0 unspecified atom stereocenters. The minimum absolute atomic E-state index is 0.0365. The van der Waals surface area contributed by atoms with E-state index in [1.54, 1.807) is 0 Å². The summed E-state index contributed by atoms with van der Waals surface area (Å²) in [6.07, 6.45) is 4.20. The molecular weight excluding hydrogens is 338 g/mol. The van der Waals surface area contributed by atoms with Gasteiger partial charge in [0.2, 0.25) is 0 Å². The SMILES string of the molecule is c1ccc(COc2cccc(CN[C@@H]3CCOC4(CCOCC4)C3)c2)cc1. The van der Waals surface area contributed by atoms with Gasteiger partial charge in [-0.15, -0.1) is 0 Å². The van der Waals surface area contributed by atoms with E-state index in [2.05, 4.69) is 35.6 Å². The Morgan fingerprint density at radius 2 is 1.78 bits per heavy atom. The minimum atomic E-state index is 0.0365. The highest BCUT2D eigenvalue weighted by Crippen LogP contribution is 2.34. The number of hydrogen-bond donors (Lipinski definition) is 1. The third-order valence-corrected chi connectivity index (χ3v) is 5.64. The zero-order valence-corrected chi connectivity index (χ0v) is 15.9. The van der Waals surface area contributed by atoms with Crippen molar-refractivity contribution in [2.45, 2.75) is 50.5 Å². The molecule has 2 saturated heterocycles. The maximum atomic E-state index is 6.14. The number of nitrogens with one attached hydrogen (secondary N) is 1. The van der Waals surface area contributed by atoms with Gasteiger partial charge in [-0.2, -0.15) is 0 Å². The molecule has 0 bridgehead atoms. The lowest BCUT2D eigenvalue weighted by molar-refractivity contribution is -0.140. The number of rotatable bonds is 6. The van der Waals surface area contributed by atoms with E-state index in [9.17, 15) is 0 Å². The Labute approximate surface area is 161 Å². The molecule has 27 heavy (non-hydrogen) atoms. The van der Waals surface area contributed by atoms with E-state index in [0.29, 0.717) is 12.6 Å². The summed E-state index contributed by atoms with van der Waals surface area (Å²) in [5, 5.41) is 3.73. The molecule has 1 atom stereocenters. The molecule has 2 aliphatic rings. The summed E-state index contributed by atoms with van der Waals surface area (Å²) in [5.74, 6) is 0.922. The van der Waals surface area contributed by atoms with Crippen molar-refractivity contribution in [3.05, 3.63) is 65.7 Å². The van der Waals surface area contributed by atoms with Crippen LogP contribution in [0, 0.1) is 0 Å². The lowest BCUT2D eigenvalue weighted by atomic mass is 9.84. The summed E-state index contributed by atoms with van der Waals surface area (Å²) in [4.78, 5) is 0. The third-order valence-electron chi connectivity index (χ3n) is 5.64. The zero-order chi connectivity index (χ0) is 18.4. The van der Waals surface area contributed by atoms with Crippen molar-refractivity contribution in [2.24, 2.45) is 0 Å². The van der Waals surface area contributed by atoms with Crippen molar-refractivity contribution in [3.8, 4) is 5.75 Å². The maximum Gasteiger partial charge on any atom is 0.120 e. The average Bonchev–Trinajstić information content (AvgIpc) is 2.73. The van der Waals surface area contributed by atoms with Crippen LogP contribution < -0.4 is 10.1 Å². The maximum absolute atomic E-state index is 6.14. The number of benzene rings is 2. The molecule has 4 nitrogen and oxygen atoms in total. The van der Waals surface area contributed by atoms with Crippen LogP contribution in [0.1, 0.15) is 36.8 Å². The van der Waals surface area contributed by atoms with Gasteiger partial charge in [-0.1, -0.05) is 42.5 Å². The molecule has 1 spiro atoms. The molecular formula is C23H29NO3. The predicted octanol–water partition coefficient (Wildman–Crippen LogP) is 4.08. The monoisotopic (exact) mass is 367 g/mol. The van der Waals surface area contributed by atoms with Crippen LogP contribution >= 0.6 is 0 Å². The van der Waals surface area contributed by atoms with Crippen LogP contribution in [-0.4, -0.2) is 31.5 Å². The Bertz CT molecular complexity index is 707. The fourth-order valence-corrected chi connectivity index (χ4v) is 4.04. The molecule has 4 heteroatoms. The molecule has 2 fully saturated rings. The van der Waals surface area contributed by atoms with Crippen LogP contribution in [0.15, 0.2) is 54.6 Å². The highest BCUT2D eigenvalue weighted by molar-refractivity contribution is 5.29. The van der Waals surface area contributed by atoms with Crippen molar-refractivity contribution in [2.75, 3.05) is 19.8 Å². The third kappa shape index (κ3) is 5.10. The van der Waals surface area contributed by atoms with Crippen molar-refractivity contribution in [1.82, 2.24) is 5.32 Å². The summed E-state index contributed by atoms with van der Waals surface area (Å²) in [6, 6.07) is 19.2. The fourth-order valence-electron chi connectivity index (χ4n) is 4.04. The van der Waals surface area contributed by atoms with Crippen LogP contribution in [0.4, 0.5) is 0 Å². The summed E-state index contributed by atoms with van der Waals surface area (Å²) >= 11 is 0. The van der Waals surface area contributed by atoms with E-state index in [0.717, 1.165) is 57.8 Å². The van der Waals surface area contributed by atoms with Gasteiger partial charge in [0, 0.05) is 32.4 Å². The molecule has 0 aliphatic carbocycles. The quantitative estimate of drug-likeness (QED) is 0.835. The van der Waals surface area contributed by atoms with Crippen molar-refractivity contribution in [1.29, 1.82) is 0 Å². The average molecular weight is 367 g/mol. The first kappa shape index (κ1) is 18.5. The molecule has 144 valence electrons. The second-order valence-corrected chi connectivity index (χ2v) is 7.64. The lowest BCUT2D eigenvalue weighted by Gasteiger charge is -2.43. The van der Waals surface area contributed by atoms with Crippen LogP contribution in [0.25, 0.3) is 0 Å². The Morgan fingerprint density at radius 3 is 2.63 bits per heavy atom. The molecule has 0 aromatic heterocycles. The molecule has 2 aromatic carbocycles. The van der Waals surface area contributed by atoms with Gasteiger partial charge in [-0.05, 0) is 48.9 Å². The van der Waals surface area contributed by atoms with E-state index in [1.165, 1.54) is 11.1 Å². The van der Waals surface area contributed by atoms with E-state index in [-0.39, 0.29) is 5.60 Å². The summed E-state index contributed by atoms with van der Waals surface area (Å²) in [6.45, 7) is 3.96. The predicted molar refractivity (Wildman–Crippen MR) is 106 cm³/mol. The molecule has 4 rings (SSSR count). The summed E-state index contributed by atoms with van der Waals surface area (Å²) in [5.41, 5.74) is 2.48. The number of hydrogen-bond acceptors (Lipinski definition) is 4. The van der Waals surface area contributed by atoms with Crippen LogP contribution in [0.5, 0.6) is 5.75 Å². The molecule has 2 aromatic rings. The first-order valence-electron chi connectivity index (χ1n) is 10.0. The Morgan fingerprint density at radius 1 is 0.963 bits per heavy atom. The van der Waals surface area contributed by atoms with Gasteiger partial charge in [0.25, 0.3) is 0 Å². The van der Waals surface area contributed by atoms with E-state index < -0.39 is 0 Å². The Kier molecular flexibility index (Phi) is 6.07. The second-order valence-electron chi connectivity index (χ2n) is 7.64. The molecule has 2 aliphatic heterocycles. The van der Waals surface area contributed by atoms with Gasteiger partial charge < -0.3 is 19.5 Å². The molecule has 2 heterocycles.